The average molecular weight is 255 g/mol. The van der Waals surface area contributed by atoms with Gasteiger partial charge in [-0.3, -0.25) is 9.63 Å². The standard InChI is InChI=1S/C13H21NO2S/c1-2-8-16-14-11(9-13(14)15)10-17-12-6-4-3-5-7-12/h2,11-12H,1,3-10H2. The van der Waals surface area contributed by atoms with E-state index < -0.39 is 0 Å². The number of hydrogen-bond donors (Lipinski definition) is 0. The molecular formula is C13H21NO2S. The van der Waals surface area contributed by atoms with Gasteiger partial charge in [0, 0.05) is 11.0 Å². The smallest absolute Gasteiger partial charge is 0.248 e. The van der Waals surface area contributed by atoms with Gasteiger partial charge < -0.3 is 0 Å². The summed E-state index contributed by atoms with van der Waals surface area (Å²) in [5.41, 5.74) is 0. The minimum atomic E-state index is 0.112. The first kappa shape index (κ1) is 13.0. The maximum Gasteiger partial charge on any atom is 0.248 e. The zero-order valence-corrected chi connectivity index (χ0v) is 11.1. The van der Waals surface area contributed by atoms with Gasteiger partial charge in [0.15, 0.2) is 0 Å². The van der Waals surface area contributed by atoms with Crippen molar-refractivity contribution in [3.05, 3.63) is 12.7 Å². The monoisotopic (exact) mass is 255 g/mol. The van der Waals surface area contributed by atoms with Gasteiger partial charge in [0.2, 0.25) is 5.91 Å². The predicted molar refractivity (Wildman–Crippen MR) is 70.7 cm³/mol. The zero-order chi connectivity index (χ0) is 12.1. The van der Waals surface area contributed by atoms with Crippen molar-refractivity contribution in [2.45, 2.75) is 49.8 Å². The third-order valence-electron chi connectivity index (χ3n) is 3.40. The maximum absolute atomic E-state index is 11.4. The van der Waals surface area contributed by atoms with Crippen molar-refractivity contribution in [2.75, 3.05) is 12.4 Å². The van der Waals surface area contributed by atoms with E-state index in [2.05, 4.69) is 6.58 Å². The van der Waals surface area contributed by atoms with Gasteiger partial charge >= 0.3 is 0 Å². The fourth-order valence-electron chi connectivity index (χ4n) is 2.38. The van der Waals surface area contributed by atoms with E-state index in [1.165, 1.54) is 37.2 Å². The molecule has 2 fully saturated rings. The number of rotatable bonds is 6. The number of hydrogen-bond acceptors (Lipinski definition) is 3. The van der Waals surface area contributed by atoms with E-state index in [4.69, 9.17) is 4.84 Å². The largest absolute Gasteiger partial charge is 0.272 e. The average Bonchev–Trinajstić information content (AvgIpc) is 2.36. The van der Waals surface area contributed by atoms with Crippen LogP contribution in [0.2, 0.25) is 0 Å². The molecule has 3 nitrogen and oxygen atoms in total. The lowest BCUT2D eigenvalue weighted by Gasteiger charge is -2.39. The lowest BCUT2D eigenvalue weighted by Crippen LogP contribution is -2.53. The number of amides is 1. The molecule has 1 aliphatic carbocycles. The van der Waals surface area contributed by atoms with Crippen molar-refractivity contribution in [3.63, 3.8) is 0 Å². The van der Waals surface area contributed by atoms with Gasteiger partial charge in [-0.1, -0.05) is 25.3 Å². The topological polar surface area (TPSA) is 29.5 Å². The van der Waals surface area contributed by atoms with E-state index in [1.54, 1.807) is 6.08 Å². The van der Waals surface area contributed by atoms with Gasteiger partial charge in [0.1, 0.15) is 0 Å². The van der Waals surface area contributed by atoms with E-state index in [1.807, 2.05) is 11.8 Å². The van der Waals surface area contributed by atoms with Crippen molar-refractivity contribution in [3.8, 4) is 0 Å². The molecule has 2 rings (SSSR count). The molecule has 1 atom stereocenters. The highest BCUT2D eigenvalue weighted by molar-refractivity contribution is 7.99. The fraction of sp³-hybridized carbons (Fsp3) is 0.769. The zero-order valence-electron chi connectivity index (χ0n) is 10.3. The summed E-state index contributed by atoms with van der Waals surface area (Å²) >= 11 is 2.02. The third-order valence-corrected chi connectivity index (χ3v) is 4.92. The Morgan fingerprint density at radius 2 is 2.18 bits per heavy atom. The van der Waals surface area contributed by atoms with Crippen LogP contribution in [0, 0.1) is 0 Å². The molecule has 0 aromatic rings. The summed E-state index contributed by atoms with van der Waals surface area (Å²) in [6.07, 6.45) is 9.16. The van der Waals surface area contributed by atoms with Gasteiger partial charge in [0.05, 0.1) is 19.1 Å². The third kappa shape index (κ3) is 3.49. The van der Waals surface area contributed by atoms with Crippen LogP contribution in [0.1, 0.15) is 38.5 Å². The summed E-state index contributed by atoms with van der Waals surface area (Å²) in [6.45, 7) is 4.02. The van der Waals surface area contributed by atoms with Crippen LogP contribution in [0.3, 0.4) is 0 Å². The molecule has 0 spiro atoms. The van der Waals surface area contributed by atoms with Crippen LogP contribution in [0.5, 0.6) is 0 Å². The Bertz CT molecular complexity index is 277. The second kappa shape index (κ2) is 6.45. The van der Waals surface area contributed by atoms with Crippen molar-refractivity contribution in [2.24, 2.45) is 0 Å². The van der Waals surface area contributed by atoms with E-state index >= 15 is 0 Å². The normalized spacial score (nSPS) is 25.8. The molecule has 17 heavy (non-hydrogen) atoms. The molecule has 0 aromatic heterocycles. The van der Waals surface area contributed by atoms with Crippen molar-refractivity contribution < 1.29 is 9.63 Å². The number of β-lactam (4-membered cyclic amide) rings is 1. The highest BCUT2D eigenvalue weighted by atomic mass is 32.2. The molecule has 1 heterocycles. The van der Waals surface area contributed by atoms with Crippen LogP contribution in [-0.4, -0.2) is 34.6 Å². The molecule has 4 heteroatoms. The Hall–Kier alpha value is -0.480. The van der Waals surface area contributed by atoms with Gasteiger partial charge in [0.25, 0.3) is 0 Å². The highest BCUT2D eigenvalue weighted by Gasteiger charge is 2.37. The predicted octanol–water partition coefficient (Wildman–Crippen LogP) is 2.77. The van der Waals surface area contributed by atoms with E-state index in [0.29, 0.717) is 13.0 Å². The Morgan fingerprint density at radius 3 is 2.82 bits per heavy atom. The minimum Gasteiger partial charge on any atom is -0.272 e. The summed E-state index contributed by atoms with van der Waals surface area (Å²) in [7, 11) is 0. The van der Waals surface area contributed by atoms with Gasteiger partial charge in [-0.15, -0.1) is 6.58 Å². The van der Waals surface area contributed by atoms with Crippen molar-refractivity contribution in [1.82, 2.24) is 5.06 Å². The van der Waals surface area contributed by atoms with Crippen molar-refractivity contribution in [1.29, 1.82) is 0 Å². The molecule has 1 amide bonds. The van der Waals surface area contributed by atoms with Crippen LogP contribution < -0.4 is 0 Å². The second-order valence-corrected chi connectivity index (χ2v) is 6.09. The molecular weight excluding hydrogens is 234 g/mol. The fourth-order valence-corrected chi connectivity index (χ4v) is 3.80. The SMILES string of the molecule is C=CCON1C(=O)CC1CSC1CCCCC1. The number of nitrogens with zero attached hydrogens (tertiary/aromatic N) is 1. The number of hydroxylamine groups is 2. The first-order valence-electron chi connectivity index (χ1n) is 6.48. The van der Waals surface area contributed by atoms with E-state index in [9.17, 15) is 4.79 Å². The second-order valence-electron chi connectivity index (χ2n) is 4.76. The first-order chi connectivity index (χ1) is 8.31. The van der Waals surface area contributed by atoms with Crippen LogP contribution in [0.15, 0.2) is 12.7 Å². The number of carbonyl (C=O) groups excluding carboxylic acids is 1. The lowest BCUT2D eigenvalue weighted by atomic mass is 10.0. The molecule has 0 N–H and O–H groups in total. The van der Waals surface area contributed by atoms with E-state index in [0.717, 1.165) is 11.0 Å². The maximum atomic E-state index is 11.4. The van der Waals surface area contributed by atoms with E-state index in [-0.39, 0.29) is 11.9 Å². The molecule has 1 saturated heterocycles. The molecule has 96 valence electrons. The quantitative estimate of drug-likeness (QED) is 0.540. The molecule has 2 aliphatic rings. The van der Waals surface area contributed by atoms with Crippen LogP contribution in [-0.2, 0) is 9.63 Å². The van der Waals surface area contributed by atoms with Gasteiger partial charge in [-0.05, 0) is 12.8 Å². The Morgan fingerprint density at radius 1 is 1.41 bits per heavy atom. The summed E-state index contributed by atoms with van der Waals surface area (Å²) in [4.78, 5) is 16.7. The summed E-state index contributed by atoms with van der Waals surface area (Å²) in [5.74, 6) is 1.13. The molecule has 1 saturated carbocycles. The van der Waals surface area contributed by atoms with Crippen molar-refractivity contribution >= 4 is 17.7 Å². The van der Waals surface area contributed by atoms with Gasteiger partial charge in [-0.25, -0.2) is 5.06 Å². The molecule has 0 aromatic carbocycles. The molecule has 1 unspecified atom stereocenters. The summed E-state index contributed by atoms with van der Waals surface area (Å²) in [6, 6.07) is 0.286. The lowest BCUT2D eigenvalue weighted by molar-refractivity contribution is -0.219. The van der Waals surface area contributed by atoms with Crippen LogP contribution >= 0.6 is 11.8 Å². The Labute approximate surface area is 108 Å². The Kier molecular flexibility index (Phi) is 4.92. The molecule has 0 bridgehead atoms. The first-order valence-corrected chi connectivity index (χ1v) is 7.53. The minimum absolute atomic E-state index is 0.112. The highest BCUT2D eigenvalue weighted by Crippen LogP contribution is 2.31. The summed E-state index contributed by atoms with van der Waals surface area (Å²) in [5, 5.41) is 2.35. The molecule has 1 aliphatic heterocycles. The van der Waals surface area contributed by atoms with Crippen LogP contribution in [0.25, 0.3) is 0 Å². The number of carbonyl (C=O) groups is 1. The summed E-state index contributed by atoms with van der Waals surface area (Å²) < 4.78 is 0. The molecule has 0 radical (unpaired) electrons. The Balaban J connectivity index is 1.67. The number of thioether (sulfide) groups is 1. The van der Waals surface area contributed by atoms with Crippen LogP contribution in [0.4, 0.5) is 0 Å². The van der Waals surface area contributed by atoms with Gasteiger partial charge in [-0.2, -0.15) is 11.8 Å².